The van der Waals surface area contributed by atoms with Gasteiger partial charge in [-0.2, -0.15) is 0 Å². The van der Waals surface area contributed by atoms with Crippen molar-refractivity contribution in [3.63, 3.8) is 0 Å². The van der Waals surface area contributed by atoms with Gasteiger partial charge in [-0.25, -0.2) is 0 Å². The first kappa shape index (κ1) is 17.1. The predicted molar refractivity (Wildman–Crippen MR) is 91.2 cm³/mol. The molecule has 0 aliphatic heterocycles. The Balaban J connectivity index is 2.22. The molecule has 2 rings (SSSR count). The van der Waals surface area contributed by atoms with E-state index in [1.807, 2.05) is 36.4 Å². The number of phenols is 2. The molecule has 1 unspecified atom stereocenters. The van der Waals surface area contributed by atoms with Gasteiger partial charge in [0.05, 0.1) is 11.7 Å². The number of hydrogen-bond acceptors (Lipinski definition) is 4. The minimum atomic E-state index is -1.31. The van der Waals surface area contributed by atoms with Crippen molar-refractivity contribution in [3.8, 4) is 11.5 Å². The number of benzene rings is 2. The molecular weight excluding hydrogens is 292 g/mol. The maximum Gasteiger partial charge on any atom is 0.123 e. The van der Waals surface area contributed by atoms with E-state index in [0.29, 0.717) is 5.56 Å². The molecule has 4 N–H and O–H groups in total. The van der Waals surface area contributed by atoms with Crippen molar-refractivity contribution in [2.45, 2.75) is 32.0 Å². The molecule has 23 heavy (non-hydrogen) atoms. The molecule has 0 bridgehead atoms. The molecule has 0 spiro atoms. The van der Waals surface area contributed by atoms with Crippen LogP contribution in [0.4, 0.5) is 0 Å². The fraction of sp³-hybridized carbons (Fsp3) is 0.263. The lowest BCUT2D eigenvalue weighted by Crippen LogP contribution is -2.37. The molecule has 2 aromatic carbocycles. The van der Waals surface area contributed by atoms with Gasteiger partial charge in [0.15, 0.2) is 0 Å². The fourth-order valence-electron chi connectivity index (χ4n) is 2.17. The third-order valence-corrected chi connectivity index (χ3v) is 3.71. The Morgan fingerprint density at radius 1 is 0.957 bits per heavy atom. The average Bonchev–Trinajstić information content (AvgIpc) is 2.48. The molecule has 0 heterocycles. The molecule has 4 heteroatoms. The standard InChI is InChI=1S/C19H22O4/c1-19(2,23)18(22)12-15-16(20)10-14(11-17(15)21)9-8-13-6-4-3-5-7-13/h3-11,18,20-23H,12H2,1-2H3/b9-8+. The monoisotopic (exact) mass is 314 g/mol. The van der Waals surface area contributed by atoms with Crippen molar-refractivity contribution in [2.75, 3.05) is 0 Å². The Labute approximate surface area is 136 Å². The second-order valence-electron chi connectivity index (χ2n) is 6.16. The topological polar surface area (TPSA) is 80.9 Å². The molecule has 0 aliphatic rings. The smallest absolute Gasteiger partial charge is 0.123 e. The number of rotatable bonds is 5. The lowest BCUT2D eigenvalue weighted by Gasteiger charge is -2.25. The summed E-state index contributed by atoms with van der Waals surface area (Å²) in [5, 5.41) is 39.9. The van der Waals surface area contributed by atoms with Crippen LogP contribution in [0.5, 0.6) is 11.5 Å². The highest BCUT2D eigenvalue weighted by atomic mass is 16.3. The molecular formula is C19H22O4. The van der Waals surface area contributed by atoms with Gasteiger partial charge in [-0.15, -0.1) is 0 Å². The number of aliphatic hydroxyl groups excluding tert-OH is 1. The first-order valence-corrected chi connectivity index (χ1v) is 7.46. The van der Waals surface area contributed by atoms with Crippen molar-refractivity contribution >= 4 is 12.2 Å². The summed E-state index contributed by atoms with van der Waals surface area (Å²) in [5.74, 6) is -0.220. The van der Waals surface area contributed by atoms with Gasteiger partial charge in [-0.1, -0.05) is 42.5 Å². The molecule has 0 aliphatic carbocycles. The summed E-state index contributed by atoms with van der Waals surface area (Å²) in [6.07, 6.45) is 2.53. The molecule has 2 aromatic rings. The van der Waals surface area contributed by atoms with Gasteiger partial charge in [0.1, 0.15) is 11.5 Å². The Hall–Kier alpha value is -2.30. The van der Waals surface area contributed by atoms with Crippen molar-refractivity contribution < 1.29 is 20.4 Å². The lowest BCUT2D eigenvalue weighted by atomic mass is 9.93. The summed E-state index contributed by atoms with van der Waals surface area (Å²) in [4.78, 5) is 0. The molecule has 4 nitrogen and oxygen atoms in total. The second-order valence-corrected chi connectivity index (χ2v) is 6.16. The van der Waals surface area contributed by atoms with Crippen molar-refractivity contribution in [2.24, 2.45) is 0 Å². The van der Waals surface area contributed by atoms with E-state index < -0.39 is 11.7 Å². The number of aromatic hydroxyl groups is 2. The molecule has 0 amide bonds. The van der Waals surface area contributed by atoms with E-state index in [1.165, 1.54) is 26.0 Å². The zero-order chi connectivity index (χ0) is 17.0. The van der Waals surface area contributed by atoms with Crippen LogP contribution in [0.1, 0.15) is 30.5 Å². The highest BCUT2D eigenvalue weighted by Crippen LogP contribution is 2.32. The predicted octanol–water partition coefficient (Wildman–Crippen LogP) is 2.94. The first-order valence-electron chi connectivity index (χ1n) is 7.46. The van der Waals surface area contributed by atoms with Crippen LogP contribution in [-0.2, 0) is 6.42 Å². The zero-order valence-corrected chi connectivity index (χ0v) is 13.3. The molecule has 0 aromatic heterocycles. The van der Waals surface area contributed by atoms with Crippen LogP contribution in [-0.4, -0.2) is 32.1 Å². The van der Waals surface area contributed by atoms with Gasteiger partial charge in [-0.05, 0) is 37.1 Å². The minimum absolute atomic E-state index is 0.0379. The SMILES string of the molecule is CC(C)(O)C(O)Cc1c(O)cc(/C=C/c2ccccc2)cc1O. The van der Waals surface area contributed by atoms with Crippen LogP contribution in [0.2, 0.25) is 0 Å². The van der Waals surface area contributed by atoms with Gasteiger partial charge < -0.3 is 20.4 Å². The number of phenolic OH excluding ortho intramolecular Hbond substituents is 2. The minimum Gasteiger partial charge on any atom is -0.508 e. The van der Waals surface area contributed by atoms with Crippen LogP contribution in [0.3, 0.4) is 0 Å². The number of aliphatic hydroxyl groups is 2. The quantitative estimate of drug-likeness (QED) is 0.640. The number of hydrogen-bond donors (Lipinski definition) is 4. The molecule has 0 saturated heterocycles. The van der Waals surface area contributed by atoms with Crippen molar-refractivity contribution in [1.29, 1.82) is 0 Å². The van der Waals surface area contributed by atoms with Gasteiger partial charge in [0, 0.05) is 12.0 Å². The van der Waals surface area contributed by atoms with Crippen LogP contribution in [0, 0.1) is 0 Å². The molecule has 0 saturated carbocycles. The average molecular weight is 314 g/mol. The van der Waals surface area contributed by atoms with Gasteiger partial charge in [0.25, 0.3) is 0 Å². The van der Waals surface area contributed by atoms with Crippen molar-refractivity contribution in [3.05, 3.63) is 59.2 Å². The highest BCUT2D eigenvalue weighted by molar-refractivity contribution is 5.71. The Bertz CT molecular complexity index is 661. The summed E-state index contributed by atoms with van der Waals surface area (Å²) in [6, 6.07) is 12.7. The van der Waals surface area contributed by atoms with Crippen LogP contribution in [0.25, 0.3) is 12.2 Å². The molecule has 0 fully saturated rings. The molecule has 122 valence electrons. The summed E-state index contributed by atoms with van der Waals surface area (Å²) in [5.41, 5.74) is 0.556. The lowest BCUT2D eigenvalue weighted by molar-refractivity contribution is -0.0472. The van der Waals surface area contributed by atoms with Crippen LogP contribution < -0.4 is 0 Å². The summed E-state index contributed by atoms with van der Waals surface area (Å²) < 4.78 is 0. The maximum atomic E-state index is 10.1. The molecule has 0 radical (unpaired) electrons. The van der Waals surface area contributed by atoms with Gasteiger partial charge in [0.2, 0.25) is 0 Å². The van der Waals surface area contributed by atoms with Crippen LogP contribution in [0.15, 0.2) is 42.5 Å². The molecule has 1 atom stereocenters. The van der Waals surface area contributed by atoms with Gasteiger partial charge in [-0.3, -0.25) is 0 Å². The summed E-state index contributed by atoms with van der Waals surface area (Å²) >= 11 is 0. The second kappa shape index (κ2) is 6.86. The Kier molecular flexibility index (Phi) is 5.08. The first-order chi connectivity index (χ1) is 10.8. The van der Waals surface area contributed by atoms with E-state index in [1.54, 1.807) is 6.08 Å². The normalized spacial score (nSPS) is 13.4. The van der Waals surface area contributed by atoms with Gasteiger partial charge >= 0.3 is 0 Å². The van der Waals surface area contributed by atoms with E-state index in [4.69, 9.17) is 0 Å². The summed E-state index contributed by atoms with van der Waals surface area (Å²) in [6.45, 7) is 2.95. The summed E-state index contributed by atoms with van der Waals surface area (Å²) in [7, 11) is 0. The van der Waals surface area contributed by atoms with E-state index in [2.05, 4.69) is 0 Å². The Morgan fingerprint density at radius 2 is 1.48 bits per heavy atom. The van der Waals surface area contributed by atoms with Crippen LogP contribution >= 0.6 is 0 Å². The van der Waals surface area contributed by atoms with E-state index in [-0.39, 0.29) is 23.5 Å². The van der Waals surface area contributed by atoms with Crippen molar-refractivity contribution in [1.82, 2.24) is 0 Å². The largest absolute Gasteiger partial charge is 0.508 e. The third-order valence-electron chi connectivity index (χ3n) is 3.71. The Morgan fingerprint density at radius 3 is 2.00 bits per heavy atom. The maximum absolute atomic E-state index is 10.1. The fourth-order valence-corrected chi connectivity index (χ4v) is 2.17. The zero-order valence-electron chi connectivity index (χ0n) is 13.3. The third kappa shape index (κ3) is 4.58. The highest BCUT2D eigenvalue weighted by Gasteiger charge is 2.26. The van der Waals surface area contributed by atoms with E-state index >= 15 is 0 Å². The van der Waals surface area contributed by atoms with E-state index in [0.717, 1.165) is 5.56 Å². The van der Waals surface area contributed by atoms with E-state index in [9.17, 15) is 20.4 Å².